The first-order chi connectivity index (χ1) is 10.6. The van der Waals surface area contributed by atoms with E-state index in [-0.39, 0.29) is 11.7 Å². The van der Waals surface area contributed by atoms with Gasteiger partial charge in [0.2, 0.25) is 0 Å². The maximum absolute atomic E-state index is 13.6. The molecule has 0 heterocycles. The lowest BCUT2D eigenvalue weighted by atomic mass is 10.2. The minimum absolute atomic E-state index is 0.0944. The van der Waals surface area contributed by atoms with Gasteiger partial charge in [-0.1, -0.05) is 23.7 Å². The molecule has 0 spiro atoms. The number of rotatable bonds is 6. The van der Waals surface area contributed by atoms with Crippen molar-refractivity contribution in [3.63, 3.8) is 0 Å². The summed E-state index contributed by atoms with van der Waals surface area (Å²) in [6.07, 6.45) is 0. The van der Waals surface area contributed by atoms with Crippen LogP contribution in [0.2, 0.25) is 5.02 Å². The summed E-state index contributed by atoms with van der Waals surface area (Å²) in [7, 11) is 0. The van der Waals surface area contributed by atoms with Crippen LogP contribution >= 0.6 is 46.0 Å². The summed E-state index contributed by atoms with van der Waals surface area (Å²) < 4.78 is 14.6. The maximum atomic E-state index is 13.6. The molecule has 0 fully saturated rings. The lowest BCUT2D eigenvalue weighted by Crippen LogP contribution is -2.25. The van der Waals surface area contributed by atoms with Crippen LogP contribution in [0.15, 0.2) is 42.5 Å². The van der Waals surface area contributed by atoms with E-state index in [4.69, 9.17) is 11.6 Å². The normalized spacial score (nSPS) is 10.5. The Morgan fingerprint density at radius 1 is 1.27 bits per heavy atom. The zero-order valence-electron chi connectivity index (χ0n) is 11.6. The van der Waals surface area contributed by atoms with Crippen molar-refractivity contribution in [2.75, 3.05) is 12.3 Å². The number of benzene rings is 2. The van der Waals surface area contributed by atoms with Crippen molar-refractivity contribution < 1.29 is 9.18 Å². The molecule has 0 unspecified atom stereocenters. The van der Waals surface area contributed by atoms with E-state index in [0.717, 1.165) is 3.57 Å². The molecule has 2 aromatic rings. The van der Waals surface area contributed by atoms with Crippen LogP contribution in [-0.4, -0.2) is 18.2 Å². The van der Waals surface area contributed by atoms with Crippen LogP contribution in [0.25, 0.3) is 0 Å². The number of amides is 1. The quantitative estimate of drug-likeness (QED) is 0.509. The largest absolute Gasteiger partial charge is 0.351 e. The number of hydrogen-bond acceptors (Lipinski definition) is 2. The maximum Gasteiger partial charge on any atom is 0.251 e. The minimum Gasteiger partial charge on any atom is -0.351 e. The lowest BCUT2D eigenvalue weighted by Gasteiger charge is -2.07. The number of nitrogens with one attached hydrogen (secondary N) is 1. The summed E-state index contributed by atoms with van der Waals surface area (Å²) in [5.41, 5.74) is 1.16. The van der Waals surface area contributed by atoms with Crippen LogP contribution in [0.3, 0.4) is 0 Å². The number of thioether (sulfide) groups is 1. The second-order valence-electron chi connectivity index (χ2n) is 4.52. The van der Waals surface area contributed by atoms with Gasteiger partial charge in [-0.05, 0) is 52.9 Å². The van der Waals surface area contributed by atoms with Crippen molar-refractivity contribution in [1.82, 2.24) is 5.32 Å². The Balaban J connectivity index is 1.75. The molecule has 116 valence electrons. The van der Waals surface area contributed by atoms with E-state index in [9.17, 15) is 9.18 Å². The van der Waals surface area contributed by atoms with Crippen molar-refractivity contribution in [1.29, 1.82) is 0 Å². The molecule has 1 amide bonds. The van der Waals surface area contributed by atoms with Gasteiger partial charge in [0.15, 0.2) is 0 Å². The molecule has 6 heteroatoms. The molecule has 0 saturated heterocycles. The van der Waals surface area contributed by atoms with E-state index >= 15 is 0 Å². The van der Waals surface area contributed by atoms with Crippen molar-refractivity contribution in [2.24, 2.45) is 0 Å². The smallest absolute Gasteiger partial charge is 0.251 e. The average Bonchev–Trinajstić information content (AvgIpc) is 2.49. The van der Waals surface area contributed by atoms with E-state index in [1.165, 1.54) is 17.8 Å². The Labute approximate surface area is 152 Å². The summed E-state index contributed by atoms with van der Waals surface area (Å²) >= 11 is 9.67. The molecule has 2 aromatic carbocycles. The summed E-state index contributed by atoms with van der Waals surface area (Å²) in [6.45, 7) is 0.529. The van der Waals surface area contributed by atoms with Crippen molar-refractivity contribution >= 4 is 51.9 Å². The average molecular weight is 450 g/mol. The van der Waals surface area contributed by atoms with Crippen LogP contribution in [0.4, 0.5) is 4.39 Å². The SMILES string of the molecule is O=C(NCCSCc1c(F)cccc1Cl)c1cccc(I)c1. The van der Waals surface area contributed by atoms with E-state index in [1.54, 1.807) is 18.2 Å². The third-order valence-corrected chi connectivity index (χ3v) is 4.94. The van der Waals surface area contributed by atoms with Gasteiger partial charge in [0.25, 0.3) is 5.91 Å². The fourth-order valence-corrected chi connectivity index (χ4v) is 3.55. The molecular weight excluding hydrogens is 436 g/mol. The van der Waals surface area contributed by atoms with Crippen LogP contribution in [-0.2, 0) is 5.75 Å². The Morgan fingerprint density at radius 3 is 2.77 bits per heavy atom. The van der Waals surface area contributed by atoms with Crippen LogP contribution in [0.5, 0.6) is 0 Å². The zero-order chi connectivity index (χ0) is 15.9. The predicted molar refractivity (Wildman–Crippen MR) is 99.1 cm³/mol. The molecule has 0 aliphatic carbocycles. The minimum atomic E-state index is -0.289. The van der Waals surface area contributed by atoms with E-state index in [2.05, 4.69) is 27.9 Å². The topological polar surface area (TPSA) is 29.1 Å². The van der Waals surface area contributed by atoms with Gasteiger partial charge in [-0.25, -0.2) is 4.39 Å². The van der Waals surface area contributed by atoms with Crippen molar-refractivity contribution in [2.45, 2.75) is 5.75 Å². The molecule has 0 atom stereocenters. The standard InChI is InChI=1S/C16H14ClFINOS/c17-14-5-2-6-15(18)13(14)10-22-8-7-20-16(21)11-3-1-4-12(19)9-11/h1-6,9H,7-8,10H2,(H,20,21). The lowest BCUT2D eigenvalue weighted by molar-refractivity contribution is 0.0956. The first-order valence-corrected chi connectivity index (χ1v) is 9.23. The third-order valence-electron chi connectivity index (χ3n) is 2.93. The number of carbonyl (C=O) groups excluding carboxylic acids is 1. The van der Waals surface area contributed by atoms with Gasteiger partial charge in [0, 0.05) is 37.8 Å². The Morgan fingerprint density at radius 2 is 2.05 bits per heavy atom. The Hall–Kier alpha value is -0.790. The first-order valence-electron chi connectivity index (χ1n) is 6.62. The summed E-state index contributed by atoms with van der Waals surface area (Å²) in [6, 6.07) is 12.1. The summed E-state index contributed by atoms with van der Waals surface area (Å²) in [5.74, 6) is 0.802. The molecule has 2 nitrogen and oxygen atoms in total. The highest BCUT2D eigenvalue weighted by molar-refractivity contribution is 14.1. The van der Waals surface area contributed by atoms with Gasteiger partial charge < -0.3 is 5.32 Å². The highest BCUT2D eigenvalue weighted by Gasteiger charge is 2.07. The van der Waals surface area contributed by atoms with E-state index < -0.39 is 0 Å². The second kappa shape index (κ2) is 8.74. The first kappa shape index (κ1) is 17.6. The molecule has 0 aliphatic rings. The molecule has 0 bridgehead atoms. The van der Waals surface area contributed by atoms with Crippen LogP contribution in [0, 0.1) is 9.39 Å². The van der Waals surface area contributed by atoms with Crippen LogP contribution < -0.4 is 5.32 Å². The van der Waals surface area contributed by atoms with E-state index in [0.29, 0.717) is 34.2 Å². The molecule has 22 heavy (non-hydrogen) atoms. The molecule has 2 rings (SSSR count). The molecular formula is C16H14ClFINOS. The van der Waals surface area contributed by atoms with Crippen LogP contribution in [0.1, 0.15) is 15.9 Å². The van der Waals surface area contributed by atoms with Crippen molar-refractivity contribution in [3.05, 3.63) is 68.0 Å². The monoisotopic (exact) mass is 449 g/mol. The fraction of sp³-hybridized carbons (Fsp3) is 0.188. The number of halogens is 3. The zero-order valence-corrected chi connectivity index (χ0v) is 15.3. The molecule has 0 radical (unpaired) electrons. The van der Waals surface area contributed by atoms with Gasteiger partial charge in [-0.15, -0.1) is 0 Å². The van der Waals surface area contributed by atoms with Gasteiger partial charge >= 0.3 is 0 Å². The Kier molecular flexibility index (Phi) is 6.98. The molecule has 1 N–H and O–H groups in total. The van der Waals surface area contributed by atoms with Crippen molar-refractivity contribution in [3.8, 4) is 0 Å². The summed E-state index contributed by atoms with van der Waals surface area (Å²) in [5, 5.41) is 3.29. The van der Waals surface area contributed by atoms with Gasteiger partial charge in [-0.2, -0.15) is 11.8 Å². The molecule has 0 aliphatic heterocycles. The second-order valence-corrected chi connectivity index (χ2v) is 7.28. The number of hydrogen-bond donors (Lipinski definition) is 1. The van der Waals surface area contributed by atoms with E-state index in [1.807, 2.05) is 18.2 Å². The highest BCUT2D eigenvalue weighted by Crippen LogP contribution is 2.23. The molecule has 0 aromatic heterocycles. The molecule has 0 saturated carbocycles. The third kappa shape index (κ3) is 5.14. The summed E-state index contributed by atoms with van der Waals surface area (Å²) in [4.78, 5) is 11.9. The van der Waals surface area contributed by atoms with Gasteiger partial charge in [0.1, 0.15) is 5.82 Å². The number of carbonyl (C=O) groups is 1. The predicted octanol–water partition coefficient (Wildman–Crippen LogP) is 4.75. The fourth-order valence-electron chi connectivity index (χ4n) is 1.81. The Bertz CT molecular complexity index is 648. The van der Waals surface area contributed by atoms with Gasteiger partial charge in [0.05, 0.1) is 0 Å². The highest BCUT2D eigenvalue weighted by atomic mass is 127. The van der Waals surface area contributed by atoms with Gasteiger partial charge in [-0.3, -0.25) is 4.79 Å².